The highest BCUT2D eigenvalue weighted by Crippen LogP contribution is 2.21. The van der Waals surface area contributed by atoms with Crippen LogP contribution in [0.2, 0.25) is 5.15 Å². The van der Waals surface area contributed by atoms with Crippen molar-refractivity contribution in [1.82, 2.24) is 4.98 Å². The van der Waals surface area contributed by atoms with Gasteiger partial charge >= 0.3 is 0 Å². The second-order valence-corrected chi connectivity index (χ2v) is 6.65. The topological polar surface area (TPSA) is 59.1 Å². The van der Waals surface area contributed by atoms with Crippen LogP contribution in [-0.4, -0.2) is 19.2 Å². The van der Waals surface area contributed by atoms with E-state index < -0.39 is 10.0 Å². The number of nitrogens with one attached hydrogen (secondary N) is 1. The van der Waals surface area contributed by atoms with Crippen LogP contribution < -0.4 is 4.72 Å². The lowest BCUT2D eigenvalue weighted by molar-refractivity contribution is 0.578. The lowest BCUT2D eigenvalue weighted by Crippen LogP contribution is -2.18. The maximum absolute atomic E-state index is 11.8. The SMILES string of the molecule is Cc1cnc(Cl)c(NS(=O)(=O)CCC(C)C)c1. The fraction of sp³-hybridized carbons (Fsp3) is 0.545. The van der Waals surface area contributed by atoms with Crippen LogP contribution in [0.3, 0.4) is 0 Å². The molecule has 4 nitrogen and oxygen atoms in total. The summed E-state index contributed by atoms with van der Waals surface area (Å²) >= 11 is 5.83. The number of aryl methyl sites for hydroxylation is 1. The number of sulfonamides is 1. The van der Waals surface area contributed by atoms with Crippen LogP contribution in [-0.2, 0) is 10.0 Å². The smallest absolute Gasteiger partial charge is 0.232 e. The molecule has 0 saturated carbocycles. The molecule has 0 fully saturated rings. The number of rotatable bonds is 5. The predicted molar refractivity (Wildman–Crippen MR) is 70.8 cm³/mol. The van der Waals surface area contributed by atoms with Crippen LogP contribution in [0.15, 0.2) is 12.3 Å². The lowest BCUT2D eigenvalue weighted by Gasteiger charge is -2.10. The Morgan fingerprint density at radius 3 is 2.71 bits per heavy atom. The first-order valence-electron chi connectivity index (χ1n) is 5.43. The summed E-state index contributed by atoms with van der Waals surface area (Å²) in [5.41, 5.74) is 1.20. The number of halogens is 1. The standard InChI is InChI=1S/C11H17ClN2O2S/c1-8(2)4-5-17(15,16)14-10-6-9(3)7-13-11(10)12/h6-8,14H,4-5H2,1-3H3. The van der Waals surface area contributed by atoms with Crippen LogP contribution in [0.5, 0.6) is 0 Å². The average Bonchev–Trinajstić information content (AvgIpc) is 2.20. The first kappa shape index (κ1) is 14.3. The Morgan fingerprint density at radius 1 is 1.47 bits per heavy atom. The minimum Gasteiger partial charge on any atom is -0.280 e. The van der Waals surface area contributed by atoms with E-state index in [0.29, 0.717) is 18.0 Å². The van der Waals surface area contributed by atoms with Crippen LogP contribution in [0.1, 0.15) is 25.8 Å². The fourth-order valence-corrected chi connectivity index (χ4v) is 2.81. The Kier molecular flexibility index (Phi) is 4.77. The van der Waals surface area contributed by atoms with Crippen molar-refractivity contribution in [1.29, 1.82) is 0 Å². The quantitative estimate of drug-likeness (QED) is 0.842. The van der Waals surface area contributed by atoms with Crippen molar-refractivity contribution in [2.75, 3.05) is 10.5 Å². The summed E-state index contributed by atoms with van der Waals surface area (Å²) in [5, 5.41) is 0.170. The summed E-state index contributed by atoms with van der Waals surface area (Å²) < 4.78 is 26.0. The van der Waals surface area contributed by atoms with Gasteiger partial charge in [-0.1, -0.05) is 25.4 Å². The first-order valence-corrected chi connectivity index (χ1v) is 7.46. The van der Waals surface area contributed by atoms with Gasteiger partial charge in [0.25, 0.3) is 0 Å². The summed E-state index contributed by atoms with van der Waals surface area (Å²) in [6, 6.07) is 1.67. The van der Waals surface area contributed by atoms with Crippen LogP contribution >= 0.6 is 11.6 Å². The van der Waals surface area contributed by atoms with Crippen molar-refractivity contribution in [3.8, 4) is 0 Å². The normalized spacial score (nSPS) is 11.8. The molecule has 0 aliphatic carbocycles. The van der Waals surface area contributed by atoms with Crippen molar-refractivity contribution in [3.05, 3.63) is 23.0 Å². The number of hydrogen-bond acceptors (Lipinski definition) is 3. The zero-order valence-corrected chi connectivity index (χ0v) is 11.8. The zero-order valence-electron chi connectivity index (χ0n) is 10.2. The maximum Gasteiger partial charge on any atom is 0.232 e. The summed E-state index contributed by atoms with van der Waals surface area (Å²) in [5.74, 6) is 0.437. The molecule has 0 aliphatic heterocycles. The molecule has 6 heteroatoms. The van der Waals surface area contributed by atoms with Gasteiger partial charge in [0.15, 0.2) is 5.15 Å². The maximum atomic E-state index is 11.8. The second kappa shape index (κ2) is 5.69. The minimum atomic E-state index is -3.34. The number of anilines is 1. The molecule has 1 rings (SSSR count). The van der Waals surface area contributed by atoms with Gasteiger partial charge in [-0.15, -0.1) is 0 Å². The summed E-state index contributed by atoms with van der Waals surface area (Å²) in [4.78, 5) is 3.90. The minimum absolute atomic E-state index is 0.0922. The molecule has 96 valence electrons. The van der Waals surface area contributed by atoms with E-state index in [-0.39, 0.29) is 10.9 Å². The van der Waals surface area contributed by atoms with Crippen LogP contribution in [0.25, 0.3) is 0 Å². The van der Waals surface area contributed by atoms with Gasteiger partial charge in [-0.05, 0) is 30.9 Å². The molecule has 0 aliphatic rings. The molecule has 1 aromatic rings. The van der Waals surface area contributed by atoms with E-state index in [4.69, 9.17) is 11.6 Å². The molecule has 0 spiro atoms. The van der Waals surface area contributed by atoms with Gasteiger partial charge < -0.3 is 0 Å². The molecule has 0 aromatic carbocycles. The van der Waals surface area contributed by atoms with Gasteiger partial charge in [-0.25, -0.2) is 13.4 Å². The number of pyridine rings is 1. The molecule has 0 radical (unpaired) electrons. The Balaban J connectivity index is 2.79. The summed E-state index contributed by atoms with van der Waals surface area (Å²) in [6.07, 6.45) is 2.21. The Morgan fingerprint density at radius 2 is 2.12 bits per heavy atom. The third-order valence-electron chi connectivity index (χ3n) is 2.21. The Bertz CT molecular complexity index is 486. The predicted octanol–water partition coefficient (Wildman–Crippen LogP) is 2.83. The van der Waals surface area contributed by atoms with Gasteiger partial charge in [0.1, 0.15) is 0 Å². The van der Waals surface area contributed by atoms with Gasteiger partial charge in [0, 0.05) is 6.20 Å². The largest absolute Gasteiger partial charge is 0.280 e. The lowest BCUT2D eigenvalue weighted by atomic mass is 10.2. The third kappa shape index (κ3) is 4.91. The van der Waals surface area contributed by atoms with Gasteiger partial charge in [0.05, 0.1) is 11.4 Å². The number of hydrogen-bond donors (Lipinski definition) is 1. The zero-order chi connectivity index (χ0) is 13.1. The van der Waals surface area contributed by atoms with Gasteiger partial charge in [0.2, 0.25) is 10.0 Å². The molecule has 1 aromatic heterocycles. The molecular formula is C11H17ClN2O2S. The van der Waals surface area contributed by atoms with E-state index >= 15 is 0 Å². The van der Waals surface area contributed by atoms with Crippen molar-refractivity contribution >= 4 is 27.3 Å². The Hall–Kier alpha value is -0.810. The number of aromatic nitrogens is 1. The van der Waals surface area contributed by atoms with E-state index in [1.54, 1.807) is 12.3 Å². The molecule has 0 atom stereocenters. The molecule has 0 unspecified atom stereocenters. The Labute approximate surface area is 107 Å². The van der Waals surface area contributed by atoms with Crippen molar-refractivity contribution in [2.24, 2.45) is 5.92 Å². The molecule has 17 heavy (non-hydrogen) atoms. The van der Waals surface area contributed by atoms with E-state index in [1.165, 1.54) is 0 Å². The van der Waals surface area contributed by atoms with E-state index in [0.717, 1.165) is 5.56 Å². The molecule has 0 amide bonds. The number of nitrogens with zero attached hydrogens (tertiary/aromatic N) is 1. The van der Waals surface area contributed by atoms with Gasteiger partial charge in [-0.2, -0.15) is 0 Å². The van der Waals surface area contributed by atoms with Crippen molar-refractivity contribution in [3.63, 3.8) is 0 Å². The highest BCUT2D eigenvalue weighted by molar-refractivity contribution is 7.92. The molecule has 0 saturated heterocycles. The van der Waals surface area contributed by atoms with E-state index in [9.17, 15) is 8.42 Å². The monoisotopic (exact) mass is 276 g/mol. The van der Waals surface area contributed by atoms with E-state index in [1.807, 2.05) is 20.8 Å². The third-order valence-corrected chi connectivity index (χ3v) is 3.81. The van der Waals surface area contributed by atoms with Crippen molar-refractivity contribution in [2.45, 2.75) is 27.2 Å². The highest BCUT2D eigenvalue weighted by Gasteiger charge is 2.13. The molecule has 1 heterocycles. The second-order valence-electron chi connectivity index (χ2n) is 4.45. The molecular weight excluding hydrogens is 260 g/mol. The summed E-state index contributed by atoms with van der Waals surface area (Å²) in [6.45, 7) is 5.79. The first-order chi connectivity index (χ1) is 7.80. The average molecular weight is 277 g/mol. The van der Waals surface area contributed by atoms with E-state index in [2.05, 4.69) is 9.71 Å². The van der Waals surface area contributed by atoms with Gasteiger partial charge in [-0.3, -0.25) is 4.72 Å². The highest BCUT2D eigenvalue weighted by atomic mass is 35.5. The molecule has 1 N–H and O–H groups in total. The fourth-order valence-electron chi connectivity index (χ4n) is 1.23. The summed E-state index contributed by atoms with van der Waals surface area (Å²) in [7, 11) is -3.34. The van der Waals surface area contributed by atoms with Crippen LogP contribution in [0, 0.1) is 12.8 Å². The molecule has 0 bridgehead atoms. The van der Waals surface area contributed by atoms with Crippen molar-refractivity contribution < 1.29 is 8.42 Å². The van der Waals surface area contributed by atoms with Crippen LogP contribution in [0.4, 0.5) is 5.69 Å².